The van der Waals surface area contributed by atoms with E-state index in [2.05, 4.69) is 10.1 Å². The van der Waals surface area contributed by atoms with Crippen molar-refractivity contribution in [3.8, 4) is 0 Å². The van der Waals surface area contributed by atoms with Crippen LogP contribution in [0.4, 0.5) is 22.0 Å². The molecular weight excluding hydrogens is 245 g/mol. The molecule has 0 aliphatic carbocycles. The zero-order valence-electron chi connectivity index (χ0n) is 10.1. The lowest BCUT2D eigenvalue weighted by molar-refractivity contribution is -0.297. The fourth-order valence-corrected chi connectivity index (χ4v) is 0.966. The van der Waals surface area contributed by atoms with Crippen LogP contribution in [0.25, 0.3) is 0 Å². The lowest BCUT2D eigenvalue weighted by Gasteiger charge is -2.21. The van der Waals surface area contributed by atoms with E-state index in [0.29, 0.717) is 6.54 Å². The number of ether oxygens (including phenoxy) is 1. The van der Waals surface area contributed by atoms with Crippen LogP contribution in [-0.4, -0.2) is 37.9 Å². The van der Waals surface area contributed by atoms with Crippen LogP contribution in [0.1, 0.15) is 20.8 Å². The highest BCUT2D eigenvalue weighted by atomic mass is 19.4. The lowest BCUT2D eigenvalue weighted by Crippen LogP contribution is -2.41. The molecule has 0 bridgehead atoms. The quantitative estimate of drug-likeness (QED) is 0.713. The van der Waals surface area contributed by atoms with E-state index >= 15 is 0 Å². The Kier molecular flexibility index (Phi) is 6.32. The maximum atomic E-state index is 12.4. The second kappa shape index (κ2) is 6.49. The Bertz CT molecular complexity index is 217. The smallest absolute Gasteiger partial charge is 0.374 e. The van der Waals surface area contributed by atoms with Crippen molar-refractivity contribution < 1.29 is 26.7 Å². The second-order valence-electron chi connectivity index (χ2n) is 4.39. The van der Waals surface area contributed by atoms with Crippen molar-refractivity contribution >= 4 is 0 Å². The summed E-state index contributed by atoms with van der Waals surface area (Å²) in [5.41, 5.74) is 0. The molecule has 2 nitrogen and oxygen atoms in total. The predicted octanol–water partition coefficient (Wildman–Crippen LogP) is 2.83. The third-order valence-corrected chi connectivity index (χ3v) is 1.98. The normalized spacial score (nSPS) is 15.4. The molecule has 1 unspecified atom stereocenters. The predicted molar refractivity (Wildman–Crippen MR) is 54.1 cm³/mol. The maximum Gasteiger partial charge on any atom is 0.455 e. The van der Waals surface area contributed by atoms with Gasteiger partial charge in [0.1, 0.15) is 6.61 Å². The average molecular weight is 263 g/mol. The van der Waals surface area contributed by atoms with Gasteiger partial charge in [0.15, 0.2) is 0 Å². The third-order valence-electron chi connectivity index (χ3n) is 1.98. The largest absolute Gasteiger partial charge is 0.455 e. The van der Waals surface area contributed by atoms with E-state index in [1.54, 1.807) is 6.92 Å². The van der Waals surface area contributed by atoms with E-state index in [-0.39, 0.29) is 18.6 Å². The van der Waals surface area contributed by atoms with Crippen LogP contribution < -0.4 is 5.32 Å². The molecule has 0 amide bonds. The molecule has 0 aromatic carbocycles. The van der Waals surface area contributed by atoms with Crippen molar-refractivity contribution in [2.45, 2.75) is 38.9 Å². The number of nitrogens with one attached hydrogen (secondary N) is 1. The molecule has 0 aromatic rings. The van der Waals surface area contributed by atoms with Crippen LogP contribution in [-0.2, 0) is 4.74 Å². The van der Waals surface area contributed by atoms with Gasteiger partial charge in [-0.3, -0.25) is 0 Å². The van der Waals surface area contributed by atoms with Crippen LogP contribution in [0.5, 0.6) is 0 Å². The Morgan fingerprint density at radius 1 is 1.06 bits per heavy atom. The highest BCUT2D eigenvalue weighted by molar-refractivity contribution is 4.75. The fraction of sp³-hybridized carbons (Fsp3) is 1.00. The summed E-state index contributed by atoms with van der Waals surface area (Å²) in [7, 11) is 0. The molecule has 0 spiro atoms. The highest BCUT2D eigenvalue weighted by Gasteiger charge is 2.57. The zero-order valence-corrected chi connectivity index (χ0v) is 10.1. The van der Waals surface area contributed by atoms with Crippen molar-refractivity contribution in [3.05, 3.63) is 0 Å². The summed E-state index contributed by atoms with van der Waals surface area (Å²) < 4.78 is 64.6. The average Bonchev–Trinajstić information content (AvgIpc) is 2.12. The van der Waals surface area contributed by atoms with Gasteiger partial charge in [-0.15, -0.1) is 0 Å². The molecule has 0 radical (unpaired) electrons. The SMILES string of the molecule is CC(CNC(C)C)COCC(F)(F)C(F)(F)F. The molecule has 0 fully saturated rings. The Hall–Kier alpha value is -0.430. The van der Waals surface area contributed by atoms with Gasteiger partial charge in [-0.2, -0.15) is 22.0 Å². The van der Waals surface area contributed by atoms with Crippen molar-refractivity contribution in [1.29, 1.82) is 0 Å². The van der Waals surface area contributed by atoms with Crippen LogP contribution >= 0.6 is 0 Å². The topological polar surface area (TPSA) is 21.3 Å². The van der Waals surface area contributed by atoms with E-state index in [1.807, 2.05) is 13.8 Å². The van der Waals surface area contributed by atoms with Crippen molar-refractivity contribution in [2.75, 3.05) is 19.8 Å². The standard InChI is InChI=1S/C10H18F5NO/c1-7(2)16-4-8(3)5-17-6-9(11,12)10(13,14)15/h7-8,16H,4-6H2,1-3H3. The van der Waals surface area contributed by atoms with Crippen LogP contribution in [0, 0.1) is 5.92 Å². The van der Waals surface area contributed by atoms with Gasteiger partial charge in [-0.05, 0) is 5.92 Å². The molecule has 1 atom stereocenters. The first-order valence-electron chi connectivity index (χ1n) is 5.32. The monoisotopic (exact) mass is 263 g/mol. The summed E-state index contributed by atoms with van der Waals surface area (Å²) in [5, 5.41) is 3.03. The van der Waals surface area contributed by atoms with Gasteiger partial charge in [-0.25, -0.2) is 0 Å². The first-order chi connectivity index (χ1) is 7.56. The van der Waals surface area contributed by atoms with Crippen LogP contribution in [0.15, 0.2) is 0 Å². The number of rotatable bonds is 7. The molecule has 17 heavy (non-hydrogen) atoms. The van der Waals surface area contributed by atoms with Gasteiger partial charge < -0.3 is 10.1 Å². The van der Waals surface area contributed by atoms with E-state index in [1.165, 1.54) is 0 Å². The summed E-state index contributed by atoms with van der Waals surface area (Å²) in [6.45, 7) is 4.28. The van der Waals surface area contributed by atoms with Crippen molar-refractivity contribution in [2.24, 2.45) is 5.92 Å². The van der Waals surface area contributed by atoms with Crippen molar-refractivity contribution in [1.82, 2.24) is 5.32 Å². The van der Waals surface area contributed by atoms with E-state index < -0.39 is 18.7 Å². The van der Waals surface area contributed by atoms with E-state index in [4.69, 9.17) is 0 Å². The fourth-order valence-electron chi connectivity index (χ4n) is 0.966. The molecule has 0 saturated heterocycles. The molecular formula is C10H18F5NO. The zero-order chi connectivity index (χ0) is 13.7. The third kappa shape index (κ3) is 6.78. The molecule has 1 N–H and O–H groups in total. The van der Waals surface area contributed by atoms with Gasteiger partial charge in [-0.1, -0.05) is 20.8 Å². The number of alkyl halides is 5. The molecule has 0 rings (SSSR count). The lowest BCUT2D eigenvalue weighted by atomic mass is 10.2. The number of hydrogen-bond acceptors (Lipinski definition) is 2. The molecule has 0 aliphatic heterocycles. The Morgan fingerprint density at radius 3 is 2.00 bits per heavy atom. The Morgan fingerprint density at radius 2 is 1.59 bits per heavy atom. The Balaban J connectivity index is 3.84. The van der Waals surface area contributed by atoms with Gasteiger partial charge in [0, 0.05) is 12.6 Å². The van der Waals surface area contributed by atoms with Gasteiger partial charge >= 0.3 is 12.1 Å². The summed E-state index contributed by atoms with van der Waals surface area (Å²) in [6.07, 6.45) is -5.55. The van der Waals surface area contributed by atoms with E-state index in [0.717, 1.165) is 0 Å². The summed E-state index contributed by atoms with van der Waals surface area (Å²) >= 11 is 0. The molecule has 0 aliphatic rings. The minimum Gasteiger partial charge on any atom is -0.374 e. The number of halogens is 5. The first kappa shape index (κ1) is 16.6. The first-order valence-corrected chi connectivity index (χ1v) is 5.32. The second-order valence-corrected chi connectivity index (χ2v) is 4.39. The van der Waals surface area contributed by atoms with Gasteiger partial charge in [0.25, 0.3) is 0 Å². The maximum absolute atomic E-state index is 12.4. The summed E-state index contributed by atoms with van der Waals surface area (Å²) in [4.78, 5) is 0. The molecule has 7 heteroatoms. The number of hydrogen-bond donors (Lipinski definition) is 1. The molecule has 0 heterocycles. The molecule has 0 saturated carbocycles. The molecule has 104 valence electrons. The minimum atomic E-state index is -5.55. The van der Waals surface area contributed by atoms with E-state index in [9.17, 15) is 22.0 Å². The summed E-state index contributed by atoms with van der Waals surface area (Å²) in [5.74, 6) is -4.90. The van der Waals surface area contributed by atoms with Gasteiger partial charge in [0.2, 0.25) is 0 Å². The van der Waals surface area contributed by atoms with Gasteiger partial charge in [0.05, 0.1) is 6.61 Å². The van der Waals surface area contributed by atoms with Crippen LogP contribution in [0.3, 0.4) is 0 Å². The van der Waals surface area contributed by atoms with Crippen LogP contribution in [0.2, 0.25) is 0 Å². The van der Waals surface area contributed by atoms with Crippen molar-refractivity contribution in [3.63, 3.8) is 0 Å². The molecule has 0 aromatic heterocycles. The Labute approximate surface area is 97.5 Å². The minimum absolute atomic E-state index is 0.124. The summed E-state index contributed by atoms with van der Waals surface area (Å²) in [6, 6.07) is 0.231. The highest BCUT2D eigenvalue weighted by Crippen LogP contribution is 2.35.